The highest BCUT2D eigenvalue weighted by Gasteiger charge is 2.41. The molecule has 0 spiro atoms. The Labute approximate surface area is 124 Å². The van der Waals surface area contributed by atoms with Crippen LogP contribution in [0.4, 0.5) is 0 Å². The van der Waals surface area contributed by atoms with Crippen LogP contribution < -0.4 is 15.2 Å². The molecule has 0 amide bonds. The van der Waals surface area contributed by atoms with E-state index in [-0.39, 0.29) is 0 Å². The van der Waals surface area contributed by atoms with E-state index in [1.165, 1.54) is 5.03 Å². The summed E-state index contributed by atoms with van der Waals surface area (Å²) < 4.78 is 1.61. The maximum atomic E-state index is 10.5. The van der Waals surface area contributed by atoms with Crippen molar-refractivity contribution in [2.24, 2.45) is 0 Å². The van der Waals surface area contributed by atoms with E-state index in [1.807, 2.05) is 30.3 Å². The minimum absolute atomic E-state index is 0.315. The summed E-state index contributed by atoms with van der Waals surface area (Å²) in [6.45, 7) is 0. The van der Waals surface area contributed by atoms with Crippen molar-refractivity contribution in [3.05, 3.63) is 51.7 Å². The Kier molecular flexibility index (Phi) is 2.46. The van der Waals surface area contributed by atoms with Crippen LogP contribution in [0.25, 0.3) is 21.7 Å². The first kappa shape index (κ1) is 12.0. The standard InChI is InChI=1S/C15H11N2OS2/c1-17-7-8-19-15(17)14-11(9-16-17)12(18)13(20-14)10-5-3-2-4-6-10/h2-8,16H,1H3/q+1/p+1. The summed E-state index contributed by atoms with van der Waals surface area (Å²) in [5, 5.41) is 14.5. The third-order valence-electron chi connectivity index (χ3n) is 3.49. The zero-order valence-corrected chi connectivity index (χ0v) is 12.4. The molecule has 1 unspecified atom stereocenters. The Morgan fingerprint density at radius 3 is 2.85 bits per heavy atom. The van der Waals surface area contributed by atoms with E-state index in [1.54, 1.807) is 23.1 Å². The topological polar surface area (TPSA) is 32.3 Å². The number of nitrogens with one attached hydrogen (secondary N) is 1. The summed E-state index contributed by atoms with van der Waals surface area (Å²) in [6.07, 6.45) is 5.21. The van der Waals surface area contributed by atoms with E-state index < -0.39 is 0 Å². The first-order chi connectivity index (χ1) is 9.69. The smallest absolute Gasteiger partial charge is 0.281 e. The average molecular weight is 300 g/mol. The molecule has 0 fully saturated rings. The summed E-state index contributed by atoms with van der Waals surface area (Å²) in [4.78, 5) is 0.901. The van der Waals surface area contributed by atoms with Gasteiger partial charge in [0.2, 0.25) is 4.53 Å². The lowest BCUT2D eigenvalue weighted by Crippen LogP contribution is -2.51. The second-order valence-corrected chi connectivity index (χ2v) is 6.79. The van der Waals surface area contributed by atoms with E-state index in [4.69, 9.17) is 0 Å². The van der Waals surface area contributed by atoms with Crippen molar-refractivity contribution >= 4 is 34.3 Å². The van der Waals surface area contributed by atoms with E-state index >= 15 is 0 Å². The normalized spacial score (nSPS) is 22.6. The first-order valence-corrected chi connectivity index (χ1v) is 7.91. The van der Waals surface area contributed by atoms with Gasteiger partial charge in [0.15, 0.2) is 6.20 Å². The van der Waals surface area contributed by atoms with Crippen LogP contribution in [0.2, 0.25) is 0 Å². The molecule has 1 aromatic heterocycles. The van der Waals surface area contributed by atoms with Crippen LogP contribution in [0.3, 0.4) is 0 Å². The highest BCUT2D eigenvalue weighted by atomic mass is 32.2. The van der Waals surface area contributed by atoms with Gasteiger partial charge in [0.05, 0.1) is 0 Å². The largest absolute Gasteiger partial charge is 0.446 e. The van der Waals surface area contributed by atoms with Crippen molar-refractivity contribution < 1.29 is 9.70 Å². The third-order valence-corrected chi connectivity index (χ3v) is 5.92. The lowest BCUT2D eigenvalue weighted by molar-refractivity contribution is -0.819. The van der Waals surface area contributed by atoms with Gasteiger partial charge in [0.25, 0.3) is 16.0 Å². The van der Waals surface area contributed by atoms with Gasteiger partial charge in [-0.15, -0.1) is 10.0 Å². The van der Waals surface area contributed by atoms with Gasteiger partial charge in [-0.25, -0.2) is 0 Å². The molecule has 0 saturated carbocycles. The van der Waals surface area contributed by atoms with Crippen molar-refractivity contribution in [1.82, 2.24) is 5.43 Å². The Bertz CT molecular complexity index is 839. The number of thioether (sulfide) groups is 1. The predicted octanol–water partition coefficient (Wildman–Crippen LogP) is 1.98. The Morgan fingerprint density at radius 1 is 1.25 bits per heavy atom. The summed E-state index contributed by atoms with van der Waals surface area (Å²) in [5.41, 5.74) is 4.25. The van der Waals surface area contributed by atoms with Gasteiger partial charge in [-0.2, -0.15) is 0 Å². The highest BCUT2D eigenvalue weighted by Crippen LogP contribution is 2.37. The van der Waals surface area contributed by atoms with Gasteiger partial charge < -0.3 is 5.11 Å². The van der Waals surface area contributed by atoms with Crippen molar-refractivity contribution in [3.63, 3.8) is 0 Å². The number of benzene rings is 1. The molecule has 3 heterocycles. The molecule has 4 rings (SSSR count). The maximum absolute atomic E-state index is 10.5. The zero-order chi connectivity index (χ0) is 13.7. The SMILES string of the molecule is C[N+]12C=CSC1=c1sc(-c3ccccc3)c(O)c1=[C+]N2. The highest BCUT2D eigenvalue weighted by molar-refractivity contribution is 8.10. The molecule has 0 saturated heterocycles. The van der Waals surface area contributed by atoms with Crippen molar-refractivity contribution in [2.45, 2.75) is 0 Å². The number of aromatic hydroxyl groups is 1. The Hall–Kier alpha value is -1.78. The molecule has 3 nitrogen and oxygen atoms in total. The quantitative estimate of drug-likeness (QED) is 0.624. The number of thiophene rings is 1. The van der Waals surface area contributed by atoms with Crippen LogP contribution in [0.1, 0.15) is 0 Å². The van der Waals surface area contributed by atoms with E-state index in [9.17, 15) is 5.11 Å². The van der Waals surface area contributed by atoms with Gasteiger partial charge >= 0.3 is 0 Å². The molecule has 98 valence electrons. The molecule has 0 radical (unpaired) electrons. The molecule has 1 atom stereocenters. The fraction of sp³-hybridized carbons (Fsp3) is 0.0667. The Balaban J connectivity index is 2.04. The molecule has 2 aromatic rings. The molecule has 20 heavy (non-hydrogen) atoms. The molecular weight excluding hydrogens is 288 g/mol. The van der Waals surface area contributed by atoms with Gasteiger partial charge in [0, 0.05) is 11.0 Å². The minimum Gasteiger partial charge on any atom is -0.446 e. The number of hydrogen-bond donors (Lipinski definition) is 2. The number of quaternary nitrogens is 1. The molecule has 2 aliphatic heterocycles. The van der Waals surface area contributed by atoms with Crippen LogP contribution in [0.5, 0.6) is 5.75 Å². The van der Waals surface area contributed by atoms with Crippen molar-refractivity contribution in [1.29, 1.82) is 0 Å². The average Bonchev–Trinajstić information content (AvgIpc) is 3.00. The molecule has 2 N–H and O–H groups in total. The molecule has 5 heteroatoms. The van der Waals surface area contributed by atoms with Crippen molar-refractivity contribution in [3.8, 4) is 16.2 Å². The lowest BCUT2D eigenvalue weighted by atomic mass is 10.2. The monoisotopic (exact) mass is 300 g/mol. The van der Waals surface area contributed by atoms with Crippen LogP contribution in [0.15, 0.2) is 41.9 Å². The summed E-state index contributed by atoms with van der Waals surface area (Å²) in [5.74, 6) is 0.315. The number of fused-ring (bicyclic) bond motifs is 2. The van der Waals surface area contributed by atoms with Crippen LogP contribution in [0, 0.1) is 0 Å². The van der Waals surface area contributed by atoms with E-state index in [0.717, 1.165) is 20.2 Å². The lowest BCUT2D eigenvalue weighted by Gasteiger charge is -2.21. The first-order valence-electron chi connectivity index (χ1n) is 6.22. The van der Waals surface area contributed by atoms with Gasteiger partial charge in [0.1, 0.15) is 18.1 Å². The molecule has 0 aliphatic carbocycles. The molecule has 2 aliphatic rings. The number of hydrogen-bond acceptors (Lipinski definition) is 4. The van der Waals surface area contributed by atoms with Crippen molar-refractivity contribution in [2.75, 3.05) is 7.05 Å². The van der Waals surface area contributed by atoms with Crippen LogP contribution >= 0.6 is 23.1 Å². The maximum Gasteiger partial charge on any atom is 0.281 e. The molecular formula is C15H12N2OS2+2. The second-order valence-electron chi connectivity index (χ2n) is 4.87. The van der Waals surface area contributed by atoms with Gasteiger partial charge in [-0.1, -0.05) is 30.3 Å². The zero-order valence-electron chi connectivity index (χ0n) is 10.8. The third kappa shape index (κ3) is 1.55. The van der Waals surface area contributed by atoms with Gasteiger partial charge in [-0.05, 0) is 23.1 Å². The Morgan fingerprint density at radius 2 is 2.05 bits per heavy atom. The molecule has 1 aromatic carbocycles. The minimum atomic E-state index is 0.315. The summed E-state index contributed by atoms with van der Waals surface area (Å²) >= 11 is 3.31. The fourth-order valence-corrected chi connectivity index (χ4v) is 4.81. The predicted molar refractivity (Wildman–Crippen MR) is 83.5 cm³/mol. The summed E-state index contributed by atoms with van der Waals surface area (Å²) in [6, 6.07) is 9.98. The van der Waals surface area contributed by atoms with E-state index in [2.05, 4.69) is 30.3 Å². The summed E-state index contributed by atoms with van der Waals surface area (Å²) in [7, 11) is 2.07. The van der Waals surface area contributed by atoms with E-state index in [0.29, 0.717) is 10.3 Å². The van der Waals surface area contributed by atoms with Gasteiger partial charge in [-0.3, -0.25) is 0 Å². The van der Waals surface area contributed by atoms with Crippen LogP contribution in [-0.2, 0) is 0 Å². The molecule has 0 bridgehead atoms. The number of rotatable bonds is 1. The van der Waals surface area contributed by atoms with Crippen LogP contribution in [-0.4, -0.2) is 16.7 Å². The second kappa shape index (κ2) is 4.11. The number of nitrogens with zero attached hydrogens (tertiary/aromatic N) is 1. The fourth-order valence-electron chi connectivity index (χ4n) is 2.39.